The molecule has 1 unspecified atom stereocenters. The molecular formula is C23H21FN2O6S2. The lowest BCUT2D eigenvalue weighted by Gasteiger charge is -2.32. The topological polar surface area (TPSA) is 116 Å². The Morgan fingerprint density at radius 3 is 2.38 bits per heavy atom. The van der Waals surface area contributed by atoms with Crippen LogP contribution in [-0.2, 0) is 26.5 Å². The highest BCUT2D eigenvalue weighted by molar-refractivity contribution is 7.92. The van der Waals surface area contributed by atoms with E-state index in [9.17, 15) is 21.2 Å². The van der Waals surface area contributed by atoms with E-state index in [4.69, 9.17) is 14.6 Å². The Labute approximate surface area is 196 Å². The van der Waals surface area contributed by atoms with Crippen LogP contribution < -0.4 is 18.9 Å². The molecule has 0 aliphatic carbocycles. The Kier molecular flexibility index (Phi) is 5.50. The van der Waals surface area contributed by atoms with Crippen molar-refractivity contribution in [2.75, 3.05) is 17.5 Å². The van der Waals surface area contributed by atoms with Crippen molar-refractivity contribution in [1.29, 1.82) is 0 Å². The molecule has 2 aliphatic heterocycles. The molecule has 0 spiro atoms. The average molecular weight is 505 g/mol. The van der Waals surface area contributed by atoms with Crippen LogP contribution in [-0.4, -0.2) is 30.0 Å². The zero-order valence-corrected chi connectivity index (χ0v) is 19.5. The predicted octanol–water partition coefficient (Wildman–Crippen LogP) is 3.13. The Hall–Kier alpha value is -3.15. The summed E-state index contributed by atoms with van der Waals surface area (Å²) in [6, 6.07) is 14.4. The molecule has 3 aromatic carbocycles. The van der Waals surface area contributed by atoms with Gasteiger partial charge in [0.1, 0.15) is 12.4 Å². The summed E-state index contributed by atoms with van der Waals surface area (Å²) in [4.78, 5) is -0.0325. The molecule has 178 valence electrons. The number of halogens is 1. The number of nitrogens with two attached hydrogens (primary N) is 1. The lowest BCUT2D eigenvalue weighted by molar-refractivity contribution is 0.0909. The van der Waals surface area contributed by atoms with Gasteiger partial charge in [-0.25, -0.2) is 26.4 Å². The molecular weight excluding hydrogens is 483 g/mol. The van der Waals surface area contributed by atoms with E-state index in [0.717, 1.165) is 23.3 Å². The first-order valence-corrected chi connectivity index (χ1v) is 13.5. The van der Waals surface area contributed by atoms with Crippen molar-refractivity contribution < 1.29 is 30.7 Å². The molecule has 34 heavy (non-hydrogen) atoms. The minimum atomic E-state index is -3.86. The monoisotopic (exact) mass is 504 g/mol. The molecule has 0 amide bonds. The molecule has 0 saturated carbocycles. The van der Waals surface area contributed by atoms with Gasteiger partial charge in [-0.15, -0.1) is 0 Å². The first-order chi connectivity index (χ1) is 16.1. The molecule has 2 heterocycles. The van der Waals surface area contributed by atoms with Crippen LogP contribution in [0.25, 0.3) is 0 Å². The van der Waals surface area contributed by atoms with Crippen molar-refractivity contribution in [2.45, 2.75) is 28.7 Å². The minimum absolute atomic E-state index is 0.0327. The van der Waals surface area contributed by atoms with Gasteiger partial charge in [0.25, 0.3) is 10.0 Å². The highest BCUT2D eigenvalue weighted by Gasteiger charge is 2.31. The van der Waals surface area contributed by atoms with Crippen LogP contribution in [0.4, 0.5) is 10.1 Å². The molecule has 0 bridgehead atoms. The summed E-state index contributed by atoms with van der Waals surface area (Å²) in [6.07, 6.45) is 0.876. The maximum atomic E-state index is 13.3. The first-order valence-electron chi connectivity index (χ1n) is 10.5. The summed E-state index contributed by atoms with van der Waals surface area (Å²) in [5.41, 5.74) is 2.24. The van der Waals surface area contributed by atoms with Gasteiger partial charge >= 0.3 is 0 Å². The fourth-order valence-corrected chi connectivity index (χ4v) is 6.23. The number of nitrogens with zero attached hydrogens (tertiary/aromatic N) is 1. The minimum Gasteiger partial charge on any atom is -0.485 e. The van der Waals surface area contributed by atoms with Gasteiger partial charge in [0.05, 0.1) is 15.5 Å². The van der Waals surface area contributed by atoms with Gasteiger partial charge in [0.2, 0.25) is 10.0 Å². The van der Waals surface area contributed by atoms with Gasteiger partial charge in [-0.3, -0.25) is 4.31 Å². The Balaban J connectivity index is 1.42. The third-order valence-corrected chi connectivity index (χ3v) is 8.59. The smallest absolute Gasteiger partial charge is 0.264 e. The summed E-state index contributed by atoms with van der Waals surface area (Å²) in [5, 5.41) is 5.17. The number of hydrogen-bond donors (Lipinski definition) is 1. The second kappa shape index (κ2) is 8.26. The second-order valence-corrected chi connectivity index (χ2v) is 11.5. The van der Waals surface area contributed by atoms with Crippen LogP contribution >= 0.6 is 0 Å². The van der Waals surface area contributed by atoms with E-state index in [0.29, 0.717) is 30.8 Å². The van der Waals surface area contributed by atoms with Crippen LogP contribution in [0.3, 0.4) is 0 Å². The van der Waals surface area contributed by atoms with Crippen molar-refractivity contribution in [2.24, 2.45) is 5.14 Å². The van der Waals surface area contributed by atoms with Gasteiger partial charge in [0, 0.05) is 12.6 Å². The highest BCUT2D eigenvalue weighted by Crippen LogP contribution is 2.39. The number of aryl methyl sites for hydroxylation is 1. The lowest BCUT2D eigenvalue weighted by atomic mass is 9.98. The zero-order chi connectivity index (χ0) is 24.1. The molecule has 0 radical (unpaired) electrons. The van der Waals surface area contributed by atoms with Crippen molar-refractivity contribution in [3.05, 3.63) is 77.6 Å². The maximum Gasteiger partial charge on any atom is 0.264 e. The highest BCUT2D eigenvalue weighted by atomic mass is 32.2. The van der Waals surface area contributed by atoms with Crippen molar-refractivity contribution >= 4 is 25.7 Å². The quantitative estimate of drug-likeness (QED) is 0.584. The van der Waals surface area contributed by atoms with Crippen LogP contribution in [0.5, 0.6) is 11.5 Å². The van der Waals surface area contributed by atoms with E-state index in [1.54, 1.807) is 12.1 Å². The number of primary sulfonamides is 1. The summed E-state index contributed by atoms with van der Waals surface area (Å²) < 4.78 is 75.9. The SMILES string of the molecule is NS(=O)(=O)c1ccc2c(c1)OCC(c1ccc3c(c1)CCCN3S(=O)(=O)c1ccc(F)cc1)O2. The fraction of sp³-hybridized carbons (Fsp3) is 0.217. The third kappa shape index (κ3) is 4.10. The molecule has 0 fully saturated rings. The number of hydrogen-bond acceptors (Lipinski definition) is 6. The number of benzene rings is 3. The van der Waals surface area contributed by atoms with E-state index in [1.807, 2.05) is 6.07 Å². The summed E-state index contributed by atoms with van der Waals surface area (Å²) >= 11 is 0. The standard InChI is InChI=1S/C23H21FN2O6S2/c24-17-4-6-18(7-5-17)34(29,30)26-11-1-2-15-12-16(3-9-20(15)26)23-14-31-22-13-19(33(25,27)28)8-10-21(22)32-23/h3-10,12-13,23H,1-2,11,14H2,(H2,25,27,28). The van der Waals surface area contributed by atoms with Gasteiger partial charge in [-0.2, -0.15) is 0 Å². The van der Waals surface area contributed by atoms with E-state index in [1.165, 1.54) is 34.6 Å². The van der Waals surface area contributed by atoms with Gasteiger partial charge < -0.3 is 9.47 Å². The Bertz CT molecular complexity index is 1470. The Morgan fingerprint density at radius 2 is 1.65 bits per heavy atom. The average Bonchev–Trinajstić information content (AvgIpc) is 2.82. The van der Waals surface area contributed by atoms with Crippen LogP contribution in [0.2, 0.25) is 0 Å². The predicted molar refractivity (Wildman–Crippen MR) is 122 cm³/mol. The van der Waals surface area contributed by atoms with Crippen molar-refractivity contribution in [1.82, 2.24) is 0 Å². The van der Waals surface area contributed by atoms with E-state index >= 15 is 0 Å². The molecule has 3 aromatic rings. The molecule has 0 saturated heterocycles. The van der Waals surface area contributed by atoms with E-state index in [-0.39, 0.29) is 22.1 Å². The lowest BCUT2D eigenvalue weighted by Crippen LogP contribution is -2.35. The van der Waals surface area contributed by atoms with E-state index in [2.05, 4.69) is 0 Å². The molecule has 2 N–H and O–H groups in total. The molecule has 2 aliphatic rings. The number of rotatable bonds is 4. The third-order valence-electron chi connectivity index (χ3n) is 5.86. The zero-order valence-electron chi connectivity index (χ0n) is 17.8. The molecule has 0 aromatic heterocycles. The van der Waals surface area contributed by atoms with Crippen LogP contribution in [0.15, 0.2) is 70.5 Å². The second-order valence-electron chi connectivity index (χ2n) is 8.09. The van der Waals surface area contributed by atoms with Crippen molar-refractivity contribution in [3.8, 4) is 11.5 Å². The number of anilines is 1. The van der Waals surface area contributed by atoms with Crippen LogP contribution in [0.1, 0.15) is 23.7 Å². The van der Waals surface area contributed by atoms with E-state index < -0.39 is 32.0 Å². The number of sulfonamides is 2. The van der Waals surface area contributed by atoms with Gasteiger partial charge in [-0.1, -0.05) is 6.07 Å². The molecule has 8 nitrogen and oxygen atoms in total. The fourth-order valence-electron chi connectivity index (χ4n) is 4.16. The molecule has 5 rings (SSSR count). The number of fused-ring (bicyclic) bond motifs is 2. The van der Waals surface area contributed by atoms with Crippen molar-refractivity contribution in [3.63, 3.8) is 0 Å². The normalized spacial score (nSPS) is 17.8. The Morgan fingerprint density at radius 1 is 0.912 bits per heavy atom. The molecule has 11 heteroatoms. The largest absolute Gasteiger partial charge is 0.485 e. The summed E-state index contributed by atoms with van der Waals surface area (Å²) in [7, 11) is -7.69. The molecule has 1 atom stereocenters. The summed E-state index contributed by atoms with van der Waals surface area (Å²) in [6.45, 7) is 0.478. The maximum absolute atomic E-state index is 13.3. The van der Waals surface area contributed by atoms with Crippen LogP contribution in [0, 0.1) is 5.82 Å². The van der Waals surface area contributed by atoms with Gasteiger partial charge in [-0.05, 0) is 72.5 Å². The summed E-state index contributed by atoms with van der Waals surface area (Å²) in [5.74, 6) is 0.180. The number of ether oxygens (including phenoxy) is 2. The van der Waals surface area contributed by atoms with Gasteiger partial charge in [0.15, 0.2) is 17.6 Å². The first kappa shape index (κ1) is 22.6.